The summed E-state index contributed by atoms with van der Waals surface area (Å²) in [6, 6.07) is 2.59. The van der Waals surface area contributed by atoms with Gasteiger partial charge in [-0.1, -0.05) is 13.8 Å². The van der Waals surface area contributed by atoms with E-state index in [4.69, 9.17) is 4.74 Å². The molecule has 2 heterocycles. The monoisotopic (exact) mass is 321 g/mol. The summed E-state index contributed by atoms with van der Waals surface area (Å²) in [6.45, 7) is 11.7. The van der Waals surface area contributed by atoms with E-state index in [2.05, 4.69) is 51.1 Å². The number of hydrogen-bond acceptors (Lipinski definition) is 4. The molecule has 0 saturated carbocycles. The Bertz CT molecular complexity index is 643. The molecule has 0 radical (unpaired) electrons. The number of aromatic nitrogens is 2. The highest BCUT2D eigenvalue weighted by atomic mass is 32.1. The first-order valence-electron chi connectivity index (χ1n) is 7.75. The average Bonchev–Trinajstić information content (AvgIpc) is 2.95. The van der Waals surface area contributed by atoms with Crippen LogP contribution in [0.25, 0.3) is 0 Å². The van der Waals surface area contributed by atoms with Crippen molar-refractivity contribution < 1.29 is 4.74 Å². The minimum absolute atomic E-state index is 0.315. The average molecular weight is 321 g/mol. The molecule has 1 atom stereocenters. The van der Waals surface area contributed by atoms with Gasteiger partial charge in [-0.05, 0) is 38.3 Å². The normalized spacial score (nSPS) is 12.9. The lowest BCUT2D eigenvalue weighted by atomic mass is 10.0. The molecule has 0 saturated heterocycles. The lowest BCUT2D eigenvalue weighted by Gasteiger charge is -2.15. The molecule has 0 amide bonds. The molecule has 0 aliphatic carbocycles. The third-order valence-corrected chi connectivity index (χ3v) is 4.97. The van der Waals surface area contributed by atoms with Crippen molar-refractivity contribution in [3.8, 4) is 5.88 Å². The Balaban J connectivity index is 2.19. The van der Waals surface area contributed by atoms with Gasteiger partial charge in [-0.15, -0.1) is 11.3 Å². The maximum atomic E-state index is 5.54. The van der Waals surface area contributed by atoms with Crippen LogP contribution in [0.2, 0.25) is 0 Å². The van der Waals surface area contributed by atoms with Crippen molar-refractivity contribution >= 4 is 11.3 Å². The predicted molar refractivity (Wildman–Crippen MR) is 92.9 cm³/mol. The largest absolute Gasteiger partial charge is 0.481 e. The van der Waals surface area contributed by atoms with E-state index in [0.29, 0.717) is 12.0 Å². The highest BCUT2D eigenvalue weighted by molar-refractivity contribution is 7.12. The molecule has 122 valence electrons. The molecular weight excluding hydrogens is 294 g/mol. The van der Waals surface area contributed by atoms with Crippen LogP contribution in [0, 0.1) is 13.8 Å². The van der Waals surface area contributed by atoms with Crippen LogP contribution in [0.15, 0.2) is 6.07 Å². The fourth-order valence-electron chi connectivity index (χ4n) is 2.90. The van der Waals surface area contributed by atoms with Crippen molar-refractivity contribution in [2.45, 2.75) is 53.1 Å². The van der Waals surface area contributed by atoms with Crippen LogP contribution in [-0.4, -0.2) is 16.9 Å². The van der Waals surface area contributed by atoms with Gasteiger partial charge in [0.05, 0.1) is 18.4 Å². The van der Waals surface area contributed by atoms with Crippen LogP contribution >= 0.6 is 11.3 Å². The maximum absolute atomic E-state index is 5.54. The zero-order chi connectivity index (χ0) is 16.4. The van der Waals surface area contributed by atoms with E-state index < -0.39 is 0 Å². The van der Waals surface area contributed by atoms with E-state index in [0.717, 1.165) is 23.7 Å². The molecular formula is C17H27N3OS. The molecule has 2 rings (SSSR count). The molecule has 2 aromatic heterocycles. The zero-order valence-corrected chi connectivity index (χ0v) is 15.5. The molecule has 0 aromatic carbocycles. The predicted octanol–water partition coefficient (Wildman–Crippen LogP) is 4.08. The standard InChI is InChI=1S/C17H27N3OS/c1-10(2)16-15(17(21-7)20(6)19-16)9-18-12(4)14-8-11(3)22-13(14)5/h8,10,12,18H,9H2,1-7H3. The summed E-state index contributed by atoms with van der Waals surface area (Å²) in [6.07, 6.45) is 0. The topological polar surface area (TPSA) is 39.1 Å². The lowest BCUT2D eigenvalue weighted by Crippen LogP contribution is -2.19. The van der Waals surface area contributed by atoms with Gasteiger partial charge in [0.2, 0.25) is 5.88 Å². The van der Waals surface area contributed by atoms with Crippen molar-refractivity contribution in [1.82, 2.24) is 15.1 Å². The Kier molecular flexibility index (Phi) is 5.29. The number of methoxy groups -OCH3 is 1. The van der Waals surface area contributed by atoms with Gasteiger partial charge in [0.25, 0.3) is 0 Å². The highest BCUT2D eigenvalue weighted by Gasteiger charge is 2.20. The number of nitrogens with one attached hydrogen (secondary N) is 1. The van der Waals surface area contributed by atoms with Crippen molar-refractivity contribution in [2.75, 3.05) is 7.11 Å². The summed E-state index contributed by atoms with van der Waals surface area (Å²) in [5.74, 6) is 1.23. The van der Waals surface area contributed by atoms with Crippen molar-refractivity contribution in [1.29, 1.82) is 0 Å². The van der Waals surface area contributed by atoms with E-state index in [1.807, 2.05) is 23.1 Å². The van der Waals surface area contributed by atoms with E-state index >= 15 is 0 Å². The summed E-state index contributed by atoms with van der Waals surface area (Å²) in [5.41, 5.74) is 3.66. The third kappa shape index (κ3) is 3.36. The molecule has 0 spiro atoms. The molecule has 4 nitrogen and oxygen atoms in total. The Hall–Kier alpha value is -1.33. The highest BCUT2D eigenvalue weighted by Crippen LogP contribution is 2.29. The van der Waals surface area contributed by atoms with Gasteiger partial charge in [-0.3, -0.25) is 0 Å². The van der Waals surface area contributed by atoms with Gasteiger partial charge in [0.1, 0.15) is 0 Å². The number of rotatable bonds is 6. The Morgan fingerprint density at radius 1 is 1.32 bits per heavy atom. The van der Waals surface area contributed by atoms with Gasteiger partial charge in [0.15, 0.2) is 0 Å². The van der Waals surface area contributed by atoms with E-state index in [1.165, 1.54) is 15.3 Å². The minimum Gasteiger partial charge on any atom is -0.481 e. The van der Waals surface area contributed by atoms with Crippen LogP contribution in [-0.2, 0) is 13.6 Å². The molecule has 2 aromatic rings. The summed E-state index contributed by atoms with van der Waals surface area (Å²) in [7, 11) is 3.64. The Morgan fingerprint density at radius 2 is 2.00 bits per heavy atom. The second-order valence-corrected chi connectivity index (χ2v) is 7.58. The zero-order valence-electron chi connectivity index (χ0n) is 14.7. The first-order chi connectivity index (χ1) is 10.3. The number of ether oxygens (including phenoxy) is 1. The summed E-state index contributed by atoms with van der Waals surface area (Å²) in [4.78, 5) is 2.75. The summed E-state index contributed by atoms with van der Waals surface area (Å²) in [5, 5.41) is 8.23. The van der Waals surface area contributed by atoms with E-state index in [-0.39, 0.29) is 0 Å². The number of nitrogens with zero attached hydrogens (tertiary/aromatic N) is 2. The Labute approximate surface area is 137 Å². The van der Waals surface area contributed by atoms with Crippen molar-refractivity contribution in [3.05, 3.63) is 32.6 Å². The maximum Gasteiger partial charge on any atom is 0.216 e. The number of aryl methyl sites for hydroxylation is 3. The van der Waals surface area contributed by atoms with Gasteiger partial charge in [-0.2, -0.15) is 5.10 Å². The van der Waals surface area contributed by atoms with Crippen LogP contribution in [0.1, 0.15) is 59.3 Å². The minimum atomic E-state index is 0.315. The smallest absolute Gasteiger partial charge is 0.216 e. The van der Waals surface area contributed by atoms with Crippen molar-refractivity contribution in [3.63, 3.8) is 0 Å². The van der Waals surface area contributed by atoms with Gasteiger partial charge in [-0.25, -0.2) is 4.68 Å². The van der Waals surface area contributed by atoms with Gasteiger partial charge < -0.3 is 10.1 Å². The van der Waals surface area contributed by atoms with Gasteiger partial charge >= 0.3 is 0 Å². The van der Waals surface area contributed by atoms with E-state index in [1.54, 1.807) is 7.11 Å². The first kappa shape index (κ1) is 17.0. The van der Waals surface area contributed by atoms with Crippen LogP contribution in [0.4, 0.5) is 0 Å². The molecule has 0 aliphatic rings. The molecule has 1 N–H and O–H groups in total. The second kappa shape index (κ2) is 6.84. The third-order valence-electron chi connectivity index (χ3n) is 3.99. The number of thiophene rings is 1. The fourth-order valence-corrected chi connectivity index (χ4v) is 3.93. The molecule has 0 bridgehead atoms. The summed E-state index contributed by atoms with van der Waals surface area (Å²) < 4.78 is 7.37. The van der Waals surface area contributed by atoms with Crippen LogP contribution in [0.3, 0.4) is 0 Å². The SMILES string of the molecule is COc1c(CNC(C)c2cc(C)sc2C)c(C(C)C)nn1C. The summed E-state index contributed by atoms with van der Waals surface area (Å²) >= 11 is 1.86. The first-order valence-corrected chi connectivity index (χ1v) is 8.56. The fraction of sp³-hybridized carbons (Fsp3) is 0.588. The molecule has 5 heteroatoms. The van der Waals surface area contributed by atoms with Gasteiger partial charge in [0, 0.05) is 29.4 Å². The van der Waals surface area contributed by atoms with Crippen LogP contribution in [0.5, 0.6) is 5.88 Å². The van der Waals surface area contributed by atoms with Crippen molar-refractivity contribution in [2.24, 2.45) is 7.05 Å². The molecule has 0 aliphatic heterocycles. The second-order valence-electron chi connectivity index (χ2n) is 6.12. The van der Waals surface area contributed by atoms with E-state index in [9.17, 15) is 0 Å². The molecule has 0 fully saturated rings. The lowest BCUT2D eigenvalue weighted by molar-refractivity contribution is 0.367. The van der Waals surface area contributed by atoms with Crippen LogP contribution < -0.4 is 10.1 Å². The molecule has 1 unspecified atom stereocenters. The number of hydrogen-bond donors (Lipinski definition) is 1. The molecule has 22 heavy (non-hydrogen) atoms. The Morgan fingerprint density at radius 3 is 2.50 bits per heavy atom. The quantitative estimate of drug-likeness (QED) is 0.871.